The molecule has 0 aliphatic heterocycles. The van der Waals surface area contributed by atoms with Gasteiger partial charge in [0.05, 0.1) is 18.4 Å². The van der Waals surface area contributed by atoms with Crippen LogP contribution in [0.5, 0.6) is 5.75 Å². The molecule has 0 saturated heterocycles. The highest BCUT2D eigenvalue weighted by Crippen LogP contribution is 2.28. The van der Waals surface area contributed by atoms with Crippen LogP contribution in [-0.2, 0) is 4.79 Å². The molecular weight excluding hydrogens is 292 g/mol. The van der Waals surface area contributed by atoms with Crippen molar-refractivity contribution in [2.45, 2.75) is 5.16 Å². The van der Waals surface area contributed by atoms with E-state index in [0.717, 1.165) is 23.9 Å². The molecule has 0 amide bonds. The van der Waals surface area contributed by atoms with E-state index in [1.165, 1.54) is 7.11 Å². The summed E-state index contributed by atoms with van der Waals surface area (Å²) in [5.41, 5.74) is -0.375. The molecule has 2 rings (SSSR count). The first-order chi connectivity index (χ1) is 9.51. The van der Waals surface area contributed by atoms with Crippen molar-refractivity contribution < 1.29 is 23.4 Å². The quantitative estimate of drug-likeness (QED) is 0.820. The number of carbonyl (C=O) groups is 1. The topological polar surface area (TPSA) is 88.1 Å². The molecule has 1 aromatic carbocycles. The van der Waals surface area contributed by atoms with Crippen LogP contribution in [0.25, 0.3) is 11.4 Å². The third-order valence-corrected chi connectivity index (χ3v) is 3.11. The number of aromatic nitrogens is 3. The second-order valence-electron chi connectivity index (χ2n) is 3.62. The lowest BCUT2D eigenvalue weighted by Gasteiger charge is -2.04. The molecule has 0 spiro atoms. The highest BCUT2D eigenvalue weighted by atomic mass is 32.2. The van der Waals surface area contributed by atoms with Gasteiger partial charge in [0.25, 0.3) is 0 Å². The van der Waals surface area contributed by atoms with Crippen LogP contribution in [-0.4, -0.2) is 39.1 Å². The molecule has 0 aliphatic carbocycles. The maximum Gasteiger partial charge on any atom is 0.313 e. The van der Waals surface area contributed by atoms with E-state index in [4.69, 9.17) is 9.84 Å². The van der Waals surface area contributed by atoms with Crippen molar-refractivity contribution in [1.82, 2.24) is 15.2 Å². The maximum absolute atomic E-state index is 13.8. The van der Waals surface area contributed by atoms with Crippen LogP contribution in [0.2, 0.25) is 0 Å². The number of nitrogens with zero attached hydrogens (tertiary/aromatic N) is 2. The monoisotopic (exact) mass is 301 g/mol. The summed E-state index contributed by atoms with van der Waals surface area (Å²) in [7, 11) is 1.29. The van der Waals surface area contributed by atoms with Crippen molar-refractivity contribution in [1.29, 1.82) is 0 Å². The van der Waals surface area contributed by atoms with Crippen molar-refractivity contribution in [2.24, 2.45) is 0 Å². The molecule has 0 saturated carbocycles. The van der Waals surface area contributed by atoms with E-state index in [2.05, 4.69) is 15.2 Å². The minimum absolute atomic E-state index is 0.0451. The van der Waals surface area contributed by atoms with Crippen LogP contribution in [0, 0.1) is 11.6 Å². The SMILES string of the molecule is COc1cc(F)c(-c2nc(SCC(=O)O)n[nH]2)c(F)c1. The number of benzene rings is 1. The molecule has 106 valence electrons. The average molecular weight is 301 g/mol. The maximum atomic E-state index is 13.8. The number of methoxy groups -OCH3 is 1. The van der Waals surface area contributed by atoms with Gasteiger partial charge in [0, 0.05) is 12.1 Å². The summed E-state index contributed by atoms with van der Waals surface area (Å²) in [5.74, 6) is -3.06. The van der Waals surface area contributed by atoms with Gasteiger partial charge in [0.2, 0.25) is 5.16 Å². The van der Waals surface area contributed by atoms with Crippen LogP contribution >= 0.6 is 11.8 Å². The number of aliphatic carboxylic acids is 1. The number of hydrogen-bond acceptors (Lipinski definition) is 5. The highest BCUT2D eigenvalue weighted by molar-refractivity contribution is 7.99. The molecular formula is C11H9F2N3O3S. The number of ether oxygens (including phenoxy) is 1. The summed E-state index contributed by atoms with van der Waals surface area (Å²) in [6.07, 6.45) is 0. The van der Waals surface area contributed by atoms with E-state index in [9.17, 15) is 13.6 Å². The molecule has 0 atom stereocenters. The Morgan fingerprint density at radius 3 is 2.65 bits per heavy atom. The van der Waals surface area contributed by atoms with Crippen molar-refractivity contribution in [3.05, 3.63) is 23.8 Å². The number of nitrogens with one attached hydrogen (secondary N) is 1. The highest BCUT2D eigenvalue weighted by Gasteiger charge is 2.18. The standard InChI is InChI=1S/C11H9F2N3O3S/c1-19-5-2-6(12)9(7(13)3-5)10-14-11(16-15-10)20-4-8(17)18/h2-3H,4H2,1H3,(H,17,18)(H,14,15,16). The van der Waals surface area contributed by atoms with Gasteiger partial charge < -0.3 is 9.84 Å². The first-order valence-corrected chi connectivity index (χ1v) is 6.30. The predicted molar refractivity (Wildman–Crippen MR) is 66.6 cm³/mol. The molecule has 9 heteroatoms. The average Bonchev–Trinajstić information content (AvgIpc) is 2.84. The second kappa shape index (κ2) is 5.87. The molecule has 6 nitrogen and oxygen atoms in total. The molecule has 0 fully saturated rings. The number of H-pyrrole nitrogens is 1. The van der Waals surface area contributed by atoms with Crippen molar-refractivity contribution >= 4 is 17.7 Å². The van der Waals surface area contributed by atoms with Gasteiger partial charge in [-0.25, -0.2) is 13.8 Å². The van der Waals surface area contributed by atoms with Crippen molar-refractivity contribution in [3.63, 3.8) is 0 Å². The van der Waals surface area contributed by atoms with Crippen molar-refractivity contribution in [3.8, 4) is 17.1 Å². The Kier molecular flexibility index (Phi) is 4.18. The fourth-order valence-corrected chi connectivity index (χ4v) is 1.96. The van der Waals surface area contributed by atoms with Gasteiger partial charge in [-0.1, -0.05) is 11.8 Å². The minimum Gasteiger partial charge on any atom is -0.497 e. The molecule has 0 aliphatic rings. The lowest BCUT2D eigenvalue weighted by atomic mass is 10.2. The Bertz CT molecular complexity index is 625. The zero-order chi connectivity index (χ0) is 14.7. The lowest BCUT2D eigenvalue weighted by Crippen LogP contribution is -1.98. The van der Waals surface area contributed by atoms with Gasteiger partial charge in [-0.05, 0) is 0 Å². The minimum atomic E-state index is -1.04. The van der Waals surface area contributed by atoms with Gasteiger partial charge in [-0.3, -0.25) is 9.89 Å². The van der Waals surface area contributed by atoms with E-state index in [1.54, 1.807) is 0 Å². The Balaban J connectivity index is 2.30. The number of rotatable bonds is 5. The summed E-state index contributed by atoms with van der Waals surface area (Å²) in [6.45, 7) is 0. The fraction of sp³-hybridized carbons (Fsp3) is 0.182. The first kappa shape index (κ1) is 14.3. The van der Waals surface area contributed by atoms with Crippen LogP contribution < -0.4 is 4.74 Å². The molecule has 20 heavy (non-hydrogen) atoms. The zero-order valence-electron chi connectivity index (χ0n) is 10.2. The van der Waals surface area contributed by atoms with Crippen LogP contribution in [0.3, 0.4) is 0 Å². The third-order valence-electron chi connectivity index (χ3n) is 2.28. The first-order valence-electron chi connectivity index (χ1n) is 5.31. The number of hydrogen-bond donors (Lipinski definition) is 2. The summed E-state index contributed by atoms with van der Waals surface area (Å²) in [5, 5.41) is 14.7. The molecule has 1 heterocycles. The van der Waals surface area contributed by atoms with E-state index in [-0.39, 0.29) is 28.0 Å². The predicted octanol–water partition coefficient (Wildman–Crippen LogP) is 1.94. The molecule has 1 aromatic heterocycles. The number of aromatic amines is 1. The molecule has 0 radical (unpaired) electrons. The number of carboxylic acids is 1. The Morgan fingerprint density at radius 2 is 2.10 bits per heavy atom. The molecule has 0 unspecified atom stereocenters. The molecule has 2 N–H and O–H groups in total. The van der Waals surface area contributed by atoms with Crippen LogP contribution in [0.1, 0.15) is 0 Å². The van der Waals surface area contributed by atoms with Gasteiger partial charge in [0.1, 0.15) is 17.4 Å². The Hall–Kier alpha value is -2.16. The van der Waals surface area contributed by atoms with Crippen LogP contribution in [0.15, 0.2) is 17.3 Å². The van der Waals surface area contributed by atoms with E-state index >= 15 is 0 Å². The fourth-order valence-electron chi connectivity index (χ4n) is 1.44. The number of carboxylic acid groups (broad SMARTS) is 1. The summed E-state index contributed by atoms with van der Waals surface area (Å²) in [4.78, 5) is 14.2. The summed E-state index contributed by atoms with van der Waals surface area (Å²) in [6, 6.07) is 2.04. The third kappa shape index (κ3) is 3.05. The largest absolute Gasteiger partial charge is 0.497 e. The van der Waals surface area contributed by atoms with E-state index in [1.807, 2.05) is 0 Å². The van der Waals surface area contributed by atoms with Crippen molar-refractivity contribution in [2.75, 3.05) is 12.9 Å². The zero-order valence-corrected chi connectivity index (χ0v) is 11.0. The normalized spacial score (nSPS) is 10.6. The Labute approximate surface area is 116 Å². The summed E-state index contributed by atoms with van der Waals surface area (Å²) >= 11 is 0.841. The Morgan fingerprint density at radius 1 is 1.45 bits per heavy atom. The summed E-state index contributed by atoms with van der Waals surface area (Å²) < 4.78 is 32.3. The van der Waals surface area contributed by atoms with Gasteiger partial charge in [0.15, 0.2) is 5.82 Å². The van der Waals surface area contributed by atoms with Gasteiger partial charge >= 0.3 is 5.97 Å². The number of thioether (sulfide) groups is 1. The molecule has 0 bridgehead atoms. The lowest BCUT2D eigenvalue weighted by molar-refractivity contribution is -0.133. The van der Waals surface area contributed by atoms with Gasteiger partial charge in [-0.15, -0.1) is 5.10 Å². The van der Waals surface area contributed by atoms with E-state index < -0.39 is 17.6 Å². The van der Waals surface area contributed by atoms with Gasteiger partial charge in [-0.2, -0.15) is 0 Å². The van der Waals surface area contributed by atoms with E-state index in [0.29, 0.717) is 0 Å². The number of halogens is 2. The smallest absolute Gasteiger partial charge is 0.313 e. The molecule has 2 aromatic rings. The second-order valence-corrected chi connectivity index (χ2v) is 4.56. The van der Waals surface area contributed by atoms with Crippen LogP contribution in [0.4, 0.5) is 8.78 Å².